The van der Waals surface area contributed by atoms with Crippen molar-refractivity contribution in [2.24, 2.45) is 0 Å². The first-order chi connectivity index (χ1) is 14.1. The fourth-order valence-corrected chi connectivity index (χ4v) is 4.72. The van der Waals surface area contributed by atoms with Gasteiger partial charge in [-0.25, -0.2) is 8.42 Å². The third-order valence-corrected chi connectivity index (χ3v) is 6.86. The largest absolute Gasteiger partial charge is 0.361 e. The first kappa shape index (κ1) is 20.5. The van der Waals surface area contributed by atoms with E-state index in [2.05, 4.69) is 30.5 Å². The molecule has 0 bridgehead atoms. The third kappa shape index (κ3) is 3.95. The van der Waals surface area contributed by atoms with Crippen LogP contribution < -0.4 is 4.72 Å². The van der Waals surface area contributed by atoms with Crippen molar-refractivity contribution in [3.8, 4) is 11.1 Å². The number of sulfonamides is 1. The van der Waals surface area contributed by atoms with Crippen molar-refractivity contribution in [3.63, 3.8) is 0 Å². The number of aromatic amines is 1. The highest BCUT2D eigenvalue weighted by molar-refractivity contribution is 7.92. The van der Waals surface area contributed by atoms with Crippen LogP contribution in [0.25, 0.3) is 22.0 Å². The first-order valence-corrected chi connectivity index (χ1v) is 11.5. The first-order valence-electron chi connectivity index (χ1n) is 9.64. The predicted octanol–water partition coefficient (Wildman–Crippen LogP) is 6.59. The summed E-state index contributed by atoms with van der Waals surface area (Å²) in [7, 11) is -3.70. The zero-order chi connectivity index (χ0) is 21.5. The van der Waals surface area contributed by atoms with E-state index in [-0.39, 0.29) is 10.3 Å². The highest BCUT2D eigenvalue weighted by Gasteiger charge is 2.18. The molecule has 4 nitrogen and oxygen atoms in total. The van der Waals surface area contributed by atoms with E-state index in [1.807, 2.05) is 54.7 Å². The summed E-state index contributed by atoms with van der Waals surface area (Å²) < 4.78 is 28.5. The maximum absolute atomic E-state index is 12.9. The Morgan fingerprint density at radius 3 is 2.27 bits per heavy atom. The zero-order valence-electron chi connectivity index (χ0n) is 17.0. The number of anilines is 1. The lowest BCUT2D eigenvalue weighted by Crippen LogP contribution is -2.14. The van der Waals surface area contributed by atoms with Crippen molar-refractivity contribution < 1.29 is 8.42 Å². The number of rotatable bonds is 4. The number of halogens is 1. The Kier molecular flexibility index (Phi) is 5.12. The van der Waals surface area contributed by atoms with Gasteiger partial charge in [-0.15, -0.1) is 0 Å². The van der Waals surface area contributed by atoms with Crippen LogP contribution >= 0.6 is 11.6 Å². The Hall–Kier alpha value is -2.76. The number of benzene rings is 3. The molecule has 4 rings (SSSR count). The van der Waals surface area contributed by atoms with Gasteiger partial charge in [-0.2, -0.15) is 0 Å². The second-order valence-corrected chi connectivity index (χ2v) is 10.4. The molecule has 1 heterocycles. The lowest BCUT2D eigenvalue weighted by atomic mass is 9.87. The minimum absolute atomic E-state index is 0.0375. The molecule has 0 aliphatic heterocycles. The van der Waals surface area contributed by atoms with Gasteiger partial charge in [0.15, 0.2) is 0 Å². The van der Waals surface area contributed by atoms with Crippen LogP contribution in [0.4, 0.5) is 5.69 Å². The van der Waals surface area contributed by atoms with Gasteiger partial charge in [0.05, 0.1) is 4.90 Å². The van der Waals surface area contributed by atoms with E-state index in [1.54, 1.807) is 18.2 Å². The SMILES string of the molecule is CC(C)(C)c1ccc(S(=O)(=O)Nc2ccc3[nH]cc(-c4ccccc4Cl)c3c2)cc1. The lowest BCUT2D eigenvalue weighted by Gasteiger charge is -2.19. The van der Waals surface area contributed by atoms with Crippen LogP contribution in [0.15, 0.2) is 77.8 Å². The Bertz CT molecular complexity index is 1320. The molecule has 4 aromatic rings. The molecule has 0 aliphatic carbocycles. The van der Waals surface area contributed by atoms with Gasteiger partial charge in [-0.1, -0.05) is 62.7 Å². The summed E-state index contributed by atoms with van der Waals surface area (Å²) >= 11 is 6.36. The highest BCUT2D eigenvalue weighted by Crippen LogP contribution is 2.35. The third-order valence-electron chi connectivity index (χ3n) is 5.13. The summed E-state index contributed by atoms with van der Waals surface area (Å²) in [4.78, 5) is 3.45. The summed E-state index contributed by atoms with van der Waals surface area (Å²) in [6, 6.07) is 20.0. The van der Waals surface area contributed by atoms with Crippen LogP contribution in [0.3, 0.4) is 0 Å². The van der Waals surface area contributed by atoms with E-state index in [1.165, 1.54) is 0 Å². The second-order valence-electron chi connectivity index (χ2n) is 8.32. The number of nitrogens with one attached hydrogen (secondary N) is 2. The molecule has 154 valence electrons. The summed E-state index contributed by atoms with van der Waals surface area (Å²) in [6.45, 7) is 6.28. The molecule has 1 aromatic heterocycles. The average molecular weight is 439 g/mol. The van der Waals surface area contributed by atoms with Gasteiger partial charge >= 0.3 is 0 Å². The van der Waals surface area contributed by atoms with Gasteiger partial charge in [0, 0.05) is 38.9 Å². The van der Waals surface area contributed by atoms with E-state index in [4.69, 9.17) is 11.6 Å². The Balaban J connectivity index is 1.68. The second kappa shape index (κ2) is 7.49. The van der Waals surface area contributed by atoms with E-state index >= 15 is 0 Å². The molecule has 30 heavy (non-hydrogen) atoms. The van der Waals surface area contributed by atoms with Gasteiger partial charge < -0.3 is 4.98 Å². The minimum Gasteiger partial charge on any atom is -0.361 e. The number of hydrogen-bond donors (Lipinski definition) is 2. The molecule has 0 aliphatic rings. The molecule has 0 atom stereocenters. The van der Waals surface area contributed by atoms with Crippen molar-refractivity contribution >= 4 is 38.2 Å². The summed E-state index contributed by atoms with van der Waals surface area (Å²) in [5.41, 5.74) is 4.26. The van der Waals surface area contributed by atoms with Crippen molar-refractivity contribution in [2.75, 3.05) is 4.72 Å². The number of H-pyrrole nitrogens is 1. The molecular weight excluding hydrogens is 416 g/mol. The summed E-state index contributed by atoms with van der Waals surface area (Å²) in [5.74, 6) is 0. The van der Waals surface area contributed by atoms with Crippen LogP contribution in [0, 0.1) is 0 Å². The van der Waals surface area contributed by atoms with E-state index in [0.29, 0.717) is 10.7 Å². The van der Waals surface area contributed by atoms with Crippen LogP contribution in [0.2, 0.25) is 5.02 Å². The molecule has 3 aromatic carbocycles. The fraction of sp³-hybridized carbons (Fsp3) is 0.167. The molecule has 0 amide bonds. The van der Waals surface area contributed by atoms with Gasteiger partial charge in [0.25, 0.3) is 10.0 Å². The molecular formula is C24H23ClN2O2S. The van der Waals surface area contributed by atoms with E-state index in [0.717, 1.165) is 27.6 Å². The predicted molar refractivity (Wildman–Crippen MR) is 125 cm³/mol. The molecule has 0 saturated heterocycles. The topological polar surface area (TPSA) is 62.0 Å². The monoisotopic (exact) mass is 438 g/mol. The van der Waals surface area contributed by atoms with E-state index in [9.17, 15) is 8.42 Å². The molecule has 0 radical (unpaired) electrons. The maximum Gasteiger partial charge on any atom is 0.261 e. The maximum atomic E-state index is 12.9. The Morgan fingerprint density at radius 1 is 0.900 bits per heavy atom. The quantitative estimate of drug-likeness (QED) is 0.377. The van der Waals surface area contributed by atoms with Crippen LogP contribution in [0.1, 0.15) is 26.3 Å². The van der Waals surface area contributed by atoms with Crippen molar-refractivity contribution in [1.29, 1.82) is 0 Å². The standard InChI is InChI=1S/C24H23ClN2O2S/c1-24(2,3)16-8-11-18(12-9-16)30(28,29)27-17-10-13-23-20(14-17)21(15-26-23)19-6-4-5-7-22(19)25/h4-15,26-27H,1-3H3. The van der Waals surface area contributed by atoms with Crippen LogP contribution in [-0.4, -0.2) is 13.4 Å². The Morgan fingerprint density at radius 2 is 1.60 bits per heavy atom. The summed E-state index contributed by atoms with van der Waals surface area (Å²) in [5, 5.41) is 1.54. The van der Waals surface area contributed by atoms with Crippen LogP contribution in [0.5, 0.6) is 0 Å². The number of fused-ring (bicyclic) bond motifs is 1. The fourth-order valence-electron chi connectivity index (χ4n) is 3.43. The van der Waals surface area contributed by atoms with Crippen molar-refractivity contribution in [1.82, 2.24) is 4.98 Å². The Labute approximate surface area is 182 Å². The summed E-state index contributed by atoms with van der Waals surface area (Å²) in [6.07, 6.45) is 1.88. The van der Waals surface area contributed by atoms with Gasteiger partial charge in [0.1, 0.15) is 0 Å². The smallest absolute Gasteiger partial charge is 0.261 e. The highest BCUT2D eigenvalue weighted by atomic mass is 35.5. The number of aromatic nitrogens is 1. The molecule has 2 N–H and O–H groups in total. The molecule has 0 saturated carbocycles. The molecule has 0 unspecified atom stereocenters. The van der Waals surface area contributed by atoms with Gasteiger partial charge in [-0.05, 0) is 47.4 Å². The van der Waals surface area contributed by atoms with Gasteiger partial charge in [-0.3, -0.25) is 4.72 Å². The van der Waals surface area contributed by atoms with E-state index < -0.39 is 10.0 Å². The normalized spacial score (nSPS) is 12.3. The minimum atomic E-state index is -3.70. The van der Waals surface area contributed by atoms with Crippen LogP contribution in [-0.2, 0) is 15.4 Å². The lowest BCUT2D eigenvalue weighted by molar-refractivity contribution is 0.587. The molecule has 6 heteroatoms. The zero-order valence-corrected chi connectivity index (χ0v) is 18.6. The molecule has 0 fully saturated rings. The number of hydrogen-bond acceptors (Lipinski definition) is 2. The van der Waals surface area contributed by atoms with Crippen molar-refractivity contribution in [3.05, 3.63) is 83.5 Å². The molecule has 0 spiro atoms. The van der Waals surface area contributed by atoms with Crippen molar-refractivity contribution in [2.45, 2.75) is 31.1 Å². The van der Waals surface area contributed by atoms with Gasteiger partial charge in [0.2, 0.25) is 0 Å². The average Bonchev–Trinajstić information content (AvgIpc) is 3.10.